The number of rotatable bonds is 0. The van der Waals surface area contributed by atoms with Crippen LogP contribution in [0.2, 0.25) is 0 Å². The first-order chi connectivity index (χ1) is 3.71. The van der Waals surface area contributed by atoms with Gasteiger partial charge < -0.3 is 0 Å². The van der Waals surface area contributed by atoms with Gasteiger partial charge in [0.05, 0.1) is 11.6 Å². The molecular formula is C4H4NO2S. The van der Waals surface area contributed by atoms with Gasteiger partial charge >= 0.3 is 0 Å². The van der Waals surface area contributed by atoms with Crippen molar-refractivity contribution >= 4 is 10.0 Å². The second kappa shape index (κ2) is 1.63. The summed E-state index contributed by atoms with van der Waals surface area (Å²) < 4.78 is 22.8. The fraction of sp³-hybridized carbons (Fsp3) is 0. The summed E-state index contributed by atoms with van der Waals surface area (Å²) in [6.07, 6.45) is 5.22. The maximum atomic E-state index is 10.4. The van der Waals surface area contributed by atoms with E-state index in [2.05, 4.69) is 6.20 Å². The Morgan fingerprint density at radius 1 is 1.50 bits per heavy atom. The molecule has 1 aliphatic rings. The summed E-state index contributed by atoms with van der Waals surface area (Å²) in [6.45, 7) is 0. The molecule has 0 aliphatic carbocycles. The van der Waals surface area contributed by atoms with Gasteiger partial charge in [0.2, 0.25) is 0 Å². The van der Waals surface area contributed by atoms with Crippen molar-refractivity contribution in [2.75, 3.05) is 0 Å². The van der Waals surface area contributed by atoms with Crippen LogP contribution in [-0.2, 0) is 10.0 Å². The summed E-state index contributed by atoms with van der Waals surface area (Å²) in [4.78, 5) is 0. The van der Waals surface area contributed by atoms with Gasteiger partial charge in [0, 0.05) is 0 Å². The van der Waals surface area contributed by atoms with Crippen LogP contribution in [0.4, 0.5) is 0 Å². The van der Waals surface area contributed by atoms with Gasteiger partial charge in [0.1, 0.15) is 0 Å². The highest BCUT2D eigenvalue weighted by atomic mass is 32.2. The zero-order valence-electron chi connectivity index (χ0n) is 3.96. The van der Waals surface area contributed by atoms with E-state index >= 15 is 0 Å². The number of hydrogen-bond donors (Lipinski definition) is 1. The maximum Gasteiger partial charge on any atom is 0.255 e. The van der Waals surface area contributed by atoms with E-state index in [0.29, 0.717) is 0 Å². The lowest BCUT2D eigenvalue weighted by Crippen LogP contribution is -2.16. The lowest BCUT2D eigenvalue weighted by Gasteiger charge is -1.97. The predicted molar refractivity (Wildman–Crippen MR) is 29.0 cm³/mol. The quantitative estimate of drug-likeness (QED) is 0.491. The van der Waals surface area contributed by atoms with Crippen molar-refractivity contribution in [1.29, 1.82) is 0 Å². The highest BCUT2D eigenvalue weighted by molar-refractivity contribution is 7.92. The van der Waals surface area contributed by atoms with Crippen LogP contribution in [0.1, 0.15) is 0 Å². The molecule has 0 saturated carbocycles. The van der Waals surface area contributed by atoms with Gasteiger partial charge in [-0.25, -0.2) is 8.42 Å². The lowest BCUT2D eigenvalue weighted by atomic mass is 10.6. The molecule has 0 aromatic heterocycles. The summed E-state index contributed by atoms with van der Waals surface area (Å²) in [7, 11) is -3.16. The molecule has 0 saturated heterocycles. The van der Waals surface area contributed by atoms with E-state index in [1.54, 1.807) is 0 Å². The molecule has 1 N–H and O–H groups in total. The second-order valence-corrected chi connectivity index (χ2v) is 2.85. The van der Waals surface area contributed by atoms with Crippen LogP contribution < -0.4 is 4.72 Å². The van der Waals surface area contributed by atoms with Crippen molar-refractivity contribution in [3.63, 3.8) is 0 Å². The minimum atomic E-state index is -3.16. The summed E-state index contributed by atoms with van der Waals surface area (Å²) in [5.41, 5.74) is 0. The average molecular weight is 130 g/mol. The van der Waals surface area contributed by atoms with Gasteiger partial charge in [-0.3, -0.25) is 4.72 Å². The molecular weight excluding hydrogens is 126 g/mol. The fourth-order valence-electron chi connectivity index (χ4n) is 0.341. The van der Waals surface area contributed by atoms with Crippen molar-refractivity contribution in [2.24, 2.45) is 0 Å². The summed E-state index contributed by atoms with van der Waals surface area (Å²) in [6, 6.07) is 0. The minimum Gasteiger partial charge on any atom is -0.278 e. The Hall–Kier alpha value is -0.770. The van der Waals surface area contributed by atoms with Gasteiger partial charge in [-0.1, -0.05) is 0 Å². The second-order valence-electron chi connectivity index (χ2n) is 1.29. The molecule has 0 atom stereocenters. The molecule has 4 heteroatoms. The van der Waals surface area contributed by atoms with Crippen LogP contribution >= 0.6 is 0 Å². The molecule has 0 fully saturated rings. The van der Waals surface area contributed by atoms with Crippen LogP contribution in [0.3, 0.4) is 0 Å². The first-order valence-corrected chi connectivity index (χ1v) is 3.52. The topological polar surface area (TPSA) is 46.2 Å². The Morgan fingerprint density at radius 3 is 2.50 bits per heavy atom. The lowest BCUT2D eigenvalue weighted by molar-refractivity contribution is 0.598. The SMILES string of the molecule is O=S1(=O)C=CC=[C]N1. The third-order valence-electron chi connectivity index (χ3n) is 0.638. The van der Waals surface area contributed by atoms with E-state index in [0.717, 1.165) is 5.41 Å². The molecule has 1 heterocycles. The molecule has 43 valence electrons. The molecule has 8 heavy (non-hydrogen) atoms. The first-order valence-electron chi connectivity index (χ1n) is 1.98. The molecule has 1 radical (unpaired) electrons. The standard InChI is InChI=1S/C4H4NO2S/c6-8(7)4-2-1-3-5-8/h1-2,4-5H. The van der Waals surface area contributed by atoms with Gasteiger partial charge in [-0.15, -0.1) is 0 Å². The van der Waals surface area contributed by atoms with E-state index < -0.39 is 10.0 Å². The monoisotopic (exact) mass is 130 g/mol. The number of allylic oxidation sites excluding steroid dienone is 2. The molecule has 1 rings (SSSR count). The number of nitrogens with one attached hydrogen (secondary N) is 1. The molecule has 0 amide bonds. The van der Waals surface area contributed by atoms with Crippen LogP contribution in [0, 0.1) is 6.20 Å². The zero-order chi connectivity index (χ0) is 6.04. The van der Waals surface area contributed by atoms with E-state index in [1.807, 2.05) is 4.72 Å². The Kier molecular flexibility index (Phi) is 1.09. The molecule has 0 spiro atoms. The molecule has 0 aromatic carbocycles. The normalized spacial score (nSPS) is 22.5. The van der Waals surface area contributed by atoms with Crippen LogP contribution in [0.15, 0.2) is 17.6 Å². The highest BCUT2D eigenvalue weighted by Crippen LogP contribution is 1.91. The fourth-order valence-corrected chi connectivity index (χ4v) is 0.927. The van der Waals surface area contributed by atoms with E-state index in [-0.39, 0.29) is 0 Å². The largest absolute Gasteiger partial charge is 0.278 e. The van der Waals surface area contributed by atoms with E-state index in [1.165, 1.54) is 12.2 Å². The average Bonchev–Trinajstić information content (AvgIpc) is 1.65. The highest BCUT2D eigenvalue weighted by Gasteiger charge is 2.01. The van der Waals surface area contributed by atoms with Crippen molar-refractivity contribution in [2.45, 2.75) is 0 Å². The smallest absolute Gasteiger partial charge is 0.255 e. The molecule has 1 aliphatic heterocycles. The molecule has 3 nitrogen and oxygen atoms in total. The molecule has 0 aromatic rings. The van der Waals surface area contributed by atoms with Gasteiger partial charge in [-0.2, -0.15) is 0 Å². The molecule has 0 unspecified atom stereocenters. The third kappa shape index (κ3) is 1.10. The number of sulfonamides is 1. The minimum absolute atomic E-state index is 1.07. The van der Waals surface area contributed by atoms with Crippen molar-refractivity contribution < 1.29 is 8.42 Å². The van der Waals surface area contributed by atoms with Gasteiger partial charge in [0.15, 0.2) is 0 Å². The summed E-state index contributed by atoms with van der Waals surface area (Å²) >= 11 is 0. The van der Waals surface area contributed by atoms with Crippen LogP contribution in [0.5, 0.6) is 0 Å². The van der Waals surface area contributed by atoms with E-state index in [9.17, 15) is 8.42 Å². The van der Waals surface area contributed by atoms with Crippen molar-refractivity contribution in [3.05, 3.63) is 23.8 Å². The Morgan fingerprint density at radius 2 is 2.25 bits per heavy atom. The van der Waals surface area contributed by atoms with Gasteiger partial charge in [0.25, 0.3) is 10.0 Å². The third-order valence-corrected chi connectivity index (χ3v) is 1.56. The number of hydrogen-bond acceptors (Lipinski definition) is 2. The maximum absolute atomic E-state index is 10.4. The van der Waals surface area contributed by atoms with Crippen molar-refractivity contribution in [3.8, 4) is 0 Å². The van der Waals surface area contributed by atoms with E-state index in [4.69, 9.17) is 0 Å². The van der Waals surface area contributed by atoms with Crippen LogP contribution in [0.25, 0.3) is 0 Å². The zero-order valence-corrected chi connectivity index (χ0v) is 4.77. The summed E-state index contributed by atoms with van der Waals surface area (Å²) in [5.74, 6) is 0. The Bertz CT molecular complexity index is 224. The predicted octanol–water partition coefficient (Wildman–Crippen LogP) is -0.250. The van der Waals surface area contributed by atoms with Crippen molar-refractivity contribution in [1.82, 2.24) is 4.72 Å². The first kappa shape index (κ1) is 5.37. The Labute approximate surface area is 47.8 Å². The molecule has 0 bridgehead atoms. The Balaban J connectivity index is 2.98. The van der Waals surface area contributed by atoms with Crippen LogP contribution in [-0.4, -0.2) is 8.42 Å². The summed E-state index contributed by atoms with van der Waals surface area (Å²) in [5, 5.41) is 1.07. The van der Waals surface area contributed by atoms with Gasteiger partial charge in [-0.05, 0) is 12.2 Å².